The van der Waals surface area contributed by atoms with Gasteiger partial charge < -0.3 is 15.1 Å². The van der Waals surface area contributed by atoms with Crippen LogP contribution in [0.1, 0.15) is 18.4 Å². The van der Waals surface area contributed by atoms with Crippen molar-refractivity contribution in [1.29, 1.82) is 0 Å². The zero-order chi connectivity index (χ0) is 13.3. The van der Waals surface area contributed by atoms with Crippen molar-refractivity contribution in [3.8, 4) is 0 Å². The molecule has 0 spiro atoms. The fraction of sp³-hybridized carbons (Fsp3) is 0.625. The lowest BCUT2D eigenvalue weighted by atomic mass is 10.2. The van der Waals surface area contributed by atoms with E-state index in [1.54, 1.807) is 0 Å². The Morgan fingerprint density at radius 3 is 2.58 bits per heavy atom. The maximum Gasteiger partial charge on any atom is 0.0230 e. The molecule has 1 heterocycles. The van der Waals surface area contributed by atoms with Crippen molar-refractivity contribution in [2.75, 3.05) is 46.3 Å². The molecule has 3 heteroatoms. The van der Waals surface area contributed by atoms with Gasteiger partial charge in [-0.3, -0.25) is 0 Å². The van der Waals surface area contributed by atoms with Gasteiger partial charge in [0.05, 0.1) is 0 Å². The molecule has 0 aliphatic carbocycles. The molecular weight excluding hydrogens is 234 g/mol. The molecule has 1 saturated heterocycles. The third-order valence-corrected chi connectivity index (χ3v) is 3.77. The third-order valence-electron chi connectivity index (χ3n) is 3.77. The van der Waals surface area contributed by atoms with E-state index in [2.05, 4.69) is 52.5 Å². The van der Waals surface area contributed by atoms with E-state index in [0.29, 0.717) is 0 Å². The van der Waals surface area contributed by atoms with Gasteiger partial charge in [0.15, 0.2) is 0 Å². The molecular formula is C16H27N3. The minimum Gasteiger partial charge on any atom is -0.314 e. The molecule has 1 fully saturated rings. The number of piperazine rings is 1. The van der Waals surface area contributed by atoms with Crippen molar-refractivity contribution in [1.82, 2.24) is 15.1 Å². The molecule has 1 aromatic carbocycles. The first-order chi connectivity index (χ1) is 9.34. The lowest BCUT2D eigenvalue weighted by molar-refractivity contribution is 0.229. The molecule has 0 unspecified atom stereocenters. The van der Waals surface area contributed by atoms with Gasteiger partial charge >= 0.3 is 0 Å². The number of nitrogens with one attached hydrogen (secondary N) is 1. The van der Waals surface area contributed by atoms with Crippen LogP contribution in [0.25, 0.3) is 0 Å². The lowest BCUT2D eigenvalue weighted by Crippen LogP contribution is -2.43. The van der Waals surface area contributed by atoms with Crippen molar-refractivity contribution in [3.63, 3.8) is 0 Å². The van der Waals surface area contributed by atoms with Gasteiger partial charge in [0.1, 0.15) is 0 Å². The van der Waals surface area contributed by atoms with Crippen molar-refractivity contribution in [2.24, 2.45) is 0 Å². The Hall–Kier alpha value is -0.900. The summed E-state index contributed by atoms with van der Waals surface area (Å²) in [6, 6.07) is 10.7. The van der Waals surface area contributed by atoms with Crippen molar-refractivity contribution in [3.05, 3.63) is 35.9 Å². The molecule has 0 atom stereocenters. The van der Waals surface area contributed by atoms with Crippen LogP contribution < -0.4 is 5.32 Å². The molecule has 0 bridgehead atoms. The van der Waals surface area contributed by atoms with Crippen LogP contribution in [-0.2, 0) is 6.54 Å². The van der Waals surface area contributed by atoms with Crippen molar-refractivity contribution >= 4 is 0 Å². The SMILES string of the molecule is CN(CCCCN1CCNCC1)Cc1ccccc1. The van der Waals surface area contributed by atoms with Crippen molar-refractivity contribution in [2.45, 2.75) is 19.4 Å². The maximum absolute atomic E-state index is 3.40. The van der Waals surface area contributed by atoms with Crippen LogP contribution in [-0.4, -0.2) is 56.1 Å². The maximum atomic E-state index is 3.40. The molecule has 2 rings (SSSR count). The summed E-state index contributed by atoms with van der Waals surface area (Å²) in [7, 11) is 2.22. The van der Waals surface area contributed by atoms with Gasteiger partial charge in [-0.05, 0) is 38.5 Å². The predicted molar refractivity (Wildman–Crippen MR) is 81.3 cm³/mol. The first-order valence-electron chi connectivity index (χ1n) is 7.50. The minimum absolute atomic E-state index is 1.06. The summed E-state index contributed by atoms with van der Waals surface area (Å²) in [5.74, 6) is 0. The topological polar surface area (TPSA) is 18.5 Å². The van der Waals surface area contributed by atoms with Gasteiger partial charge in [0, 0.05) is 32.7 Å². The second-order valence-electron chi connectivity index (χ2n) is 5.52. The van der Waals surface area contributed by atoms with E-state index in [9.17, 15) is 0 Å². The van der Waals surface area contributed by atoms with E-state index in [1.807, 2.05) is 0 Å². The average molecular weight is 261 g/mol. The molecule has 1 aliphatic heterocycles. The molecule has 3 nitrogen and oxygen atoms in total. The minimum atomic E-state index is 1.06. The van der Waals surface area contributed by atoms with Crippen LogP contribution in [0.2, 0.25) is 0 Å². The monoisotopic (exact) mass is 261 g/mol. The van der Waals surface area contributed by atoms with E-state index in [0.717, 1.165) is 19.6 Å². The summed E-state index contributed by atoms with van der Waals surface area (Å²) in [5.41, 5.74) is 1.41. The highest BCUT2D eigenvalue weighted by molar-refractivity contribution is 5.14. The molecule has 1 aliphatic rings. The van der Waals surface area contributed by atoms with Gasteiger partial charge in [0.25, 0.3) is 0 Å². The number of benzene rings is 1. The Kier molecular flexibility index (Phi) is 6.34. The predicted octanol–water partition coefficient (Wildman–Crippen LogP) is 1.80. The second-order valence-corrected chi connectivity index (χ2v) is 5.52. The van der Waals surface area contributed by atoms with Crippen LogP contribution in [0.4, 0.5) is 0 Å². The Bertz CT molecular complexity index is 333. The summed E-state index contributed by atoms with van der Waals surface area (Å²) >= 11 is 0. The first-order valence-corrected chi connectivity index (χ1v) is 7.50. The van der Waals surface area contributed by atoms with E-state index >= 15 is 0 Å². The first kappa shape index (κ1) is 14.5. The van der Waals surface area contributed by atoms with Crippen LogP contribution in [0.3, 0.4) is 0 Å². The van der Waals surface area contributed by atoms with E-state index in [1.165, 1.54) is 44.6 Å². The molecule has 0 amide bonds. The van der Waals surface area contributed by atoms with Crippen LogP contribution in [0.5, 0.6) is 0 Å². The number of unbranched alkanes of at least 4 members (excludes halogenated alkanes) is 1. The van der Waals surface area contributed by atoms with E-state index < -0.39 is 0 Å². The fourth-order valence-electron chi connectivity index (χ4n) is 2.63. The molecule has 0 saturated carbocycles. The molecule has 1 N–H and O–H groups in total. The largest absolute Gasteiger partial charge is 0.314 e. The third kappa shape index (κ3) is 5.72. The molecule has 1 aromatic rings. The molecule has 19 heavy (non-hydrogen) atoms. The molecule has 106 valence electrons. The van der Waals surface area contributed by atoms with Crippen LogP contribution in [0.15, 0.2) is 30.3 Å². The number of nitrogens with zero attached hydrogens (tertiary/aromatic N) is 2. The second kappa shape index (κ2) is 8.31. The number of hydrogen-bond acceptors (Lipinski definition) is 3. The standard InChI is InChI=1S/C16H27N3/c1-18(15-16-7-3-2-4-8-16)11-5-6-12-19-13-9-17-10-14-19/h2-4,7-8,17H,5-6,9-15H2,1H3. The Morgan fingerprint density at radius 1 is 1.11 bits per heavy atom. The van der Waals surface area contributed by atoms with Gasteiger partial charge in [-0.15, -0.1) is 0 Å². The highest BCUT2D eigenvalue weighted by Crippen LogP contribution is 2.04. The quantitative estimate of drug-likeness (QED) is 0.755. The summed E-state index contributed by atoms with van der Waals surface area (Å²) in [5, 5.41) is 3.40. The normalized spacial score (nSPS) is 16.9. The van der Waals surface area contributed by atoms with E-state index in [4.69, 9.17) is 0 Å². The molecule has 0 radical (unpaired) electrons. The van der Waals surface area contributed by atoms with Crippen LogP contribution in [0, 0.1) is 0 Å². The Morgan fingerprint density at radius 2 is 1.84 bits per heavy atom. The van der Waals surface area contributed by atoms with Gasteiger partial charge in [-0.25, -0.2) is 0 Å². The summed E-state index contributed by atoms with van der Waals surface area (Å²) in [6.07, 6.45) is 2.62. The van der Waals surface area contributed by atoms with Crippen molar-refractivity contribution < 1.29 is 0 Å². The summed E-state index contributed by atoms with van der Waals surface area (Å²) < 4.78 is 0. The Balaban J connectivity index is 1.55. The number of rotatable bonds is 7. The average Bonchev–Trinajstić information content (AvgIpc) is 2.46. The summed E-state index contributed by atoms with van der Waals surface area (Å²) in [4.78, 5) is 5.00. The smallest absolute Gasteiger partial charge is 0.0230 e. The van der Waals surface area contributed by atoms with Gasteiger partial charge in [0.2, 0.25) is 0 Å². The summed E-state index contributed by atoms with van der Waals surface area (Å²) in [6.45, 7) is 8.29. The van der Waals surface area contributed by atoms with E-state index in [-0.39, 0.29) is 0 Å². The Labute approximate surface area is 117 Å². The zero-order valence-corrected chi connectivity index (χ0v) is 12.1. The number of hydrogen-bond donors (Lipinski definition) is 1. The van der Waals surface area contributed by atoms with Crippen LogP contribution >= 0.6 is 0 Å². The highest BCUT2D eigenvalue weighted by atomic mass is 15.2. The van der Waals surface area contributed by atoms with Gasteiger partial charge in [-0.2, -0.15) is 0 Å². The van der Waals surface area contributed by atoms with Gasteiger partial charge in [-0.1, -0.05) is 30.3 Å². The lowest BCUT2D eigenvalue weighted by Gasteiger charge is -2.27. The fourth-order valence-corrected chi connectivity index (χ4v) is 2.63. The molecule has 0 aromatic heterocycles. The zero-order valence-electron chi connectivity index (χ0n) is 12.1. The highest BCUT2D eigenvalue weighted by Gasteiger charge is 2.08.